The normalized spacial score (nSPS) is 12.5. The summed E-state index contributed by atoms with van der Waals surface area (Å²) in [6, 6.07) is 2.87. The molecule has 1 aromatic carbocycles. The molecule has 118 valence electrons. The highest BCUT2D eigenvalue weighted by Gasteiger charge is 2.19. The van der Waals surface area contributed by atoms with Crippen molar-refractivity contribution >= 4 is 40.5 Å². The Morgan fingerprint density at radius 2 is 2.05 bits per heavy atom. The number of carbonyl (C=O) groups excluding carboxylic acids is 1. The maximum atomic E-state index is 12.3. The summed E-state index contributed by atoms with van der Waals surface area (Å²) < 4.78 is 0. The number of nitrogens with two attached hydrogens (primary N) is 1. The van der Waals surface area contributed by atoms with Gasteiger partial charge in [-0.15, -0.1) is 0 Å². The van der Waals surface area contributed by atoms with Gasteiger partial charge in [-0.3, -0.25) is 9.69 Å². The summed E-state index contributed by atoms with van der Waals surface area (Å²) in [5.74, 6) is -0.134. The predicted molar refractivity (Wildman–Crippen MR) is 91.1 cm³/mol. The Morgan fingerprint density at radius 3 is 2.62 bits per heavy atom. The van der Waals surface area contributed by atoms with Crippen molar-refractivity contribution in [2.45, 2.75) is 39.2 Å². The molecular formula is C15H23Cl2N3O. The van der Waals surface area contributed by atoms with Gasteiger partial charge in [0.05, 0.1) is 22.4 Å². The van der Waals surface area contributed by atoms with Crippen molar-refractivity contribution in [3.63, 3.8) is 0 Å². The molecule has 1 amide bonds. The summed E-state index contributed by atoms with van der Waals surface area (Å²) in [4.78, 5) is 14.3. The Bertz CT molecular complexity index is 471. The van der Waals surface area contributed by atoms with E-state index in [9.17, 15) is 4.79 Å². The van der Waals surface area contributed by atoms with Gasteiger partial charge < -0.3 is 11.1 Å². The van der Waals surface area contributed by atoms with Gasteiger partial charge in [-0.05, 0) is 39.1 Å². The fourth-order valence-corrected chi connectivity index (χ4v) is 2.51. The number of unbranched alkanes of at least 4 members (excludes halogenated alkanes) is 2. The quantitative estimate of drug-likeness (QED) is 0.585. The van der Waals surface area contributed by atoms with E-state index in [2.05, 4.69) is 12.2 Å². The Morgan fingerprint density at radius 1 is 1.38 bits per heavy atom. The molecule has 6 heteroatoms. The average molecular weight is 332 g/mol. The zero-order valence-electron chi connectivity index (χ0n) is 12.7. The van der Waals surface area contributed by atoms with Crippen LogP contribution in [0, 0.1) is 0 Å². The molecule has 0 fully saturated rings. The first-order valence-electron chi connectivity index (χ1n) is 7.12. The van der Waals surface area contributed by atoms with E-state index in [0.717, 1.165) is 25.8 Å². The molecule has 0 aliphatic heterocycles. The van der Waals surface area contributed by atoms with Gasteiger partial charge in [0, 0.05) is 5.02 Å². The molecule has 0 radical (unpaired) electrons. The van der Waals surface area contributed by atoms with Gasteiger partial charge in [0.25, 0.3) is 0 Å². The Labute approximate surface area is 136 Å². The van der Waals surface area contributed by atoms with Crippen LogP contribution in [0.15, 0.2) is 12.1 Å². The molecule has 0 heterocycles. The van der Waals surface area contributed by atoms with Crippen molar-refractivity contribution in [1.29, 1.82) is 0 Å². The molecule has 0 saturated heterocycles. The molecule has 21 heavy (non-hydrogen) atoms. The van der Waals surface area contributed by atoms with E-state index < -0.39 is 0 Å². The van der Waals surface area contributed by atoms with Crippen LogP contribution in [0.25, 0.3) is 0 Å². The summed E-state index contributed by atoms with van der Waals surface area (Å²) in [6.45, 7) is 4.90. The first kappa shape index (κ1) is 18.1. The molecule has 3 N–H and O–H groups in total. The molecule has 4 nitrogen and oxygen atoms in total. The smallest absolute Gasteiger partial charge is 0.241 e. The van der Waals surface area contributed by atoms with Crippen LogP contribution >= 0.6 is 23.2 Å². The van der Waals surface area contributed by atoms with E-state index in [1.807, 2.05) is 18.9 Å². The summed E-state index contributed by atoms with van der Waals surface area (Å²) in [6.07, 6.45) is 3.40. The van der Waals surface area contributed by atoms with Crippen molar-refractivity contribution in [2.75, 3.05) is 24.6 Å². The van der Waals surface area contributed by atoms with Gasteiger partial charge in [-0.2, -0.15) is 0 Å². The van der Waals surface area contributed by atoms with E-state index in [-0.39, 0.29) is 11.9 Å². The average Bonchev–Trinajstić information content (AvgIpc) is 2.41. The largest absolute Gasteiger partial charge is 0.397 e. The standard InChI is InChI=1S/C15H23Cl2N3O/c1-4-5-6-7-20(3)10(2)15(21)19-14-12(17)8-11(16)9-13(14)18/h8-10H,4-7,18H2,1-3H3,(H,19,21). The van der Waals surface area contributed by atoms with Crippen LogP contribution in [0.5, 0.6) is 0 Å². The number of rotatable bonds is 7. The van der Waals surface area contributed by atoms with Crippen molar-refractivity contribution in [3.05, 3.63) is 22.2 Å². The Kier molecular flexibility index (Phi) is 7.29. The van der Waals surface area contributed by atoms with Crippen molar-refractivity contribution in [3.8, 4) is 0 Å². The number of amides is 1. The number of nitrogens with one attached hydrogen (secondary N) is 1. The van der Waals surface area contributed by atoms with Crippen molar-refractivity contribution < 1.29 is 4.79 Å². The van der Waals surface area contributed by atoms with Gasteiger partial charge in [0.2, 0.25) is 5.91 Å². The monoisotopic (exact) mass is 331 g/mol. The van der Waals surface area contributed by atoms with Crippen LogP contribution in [-0.2, 0) is 4.79 Å². The number of hydrogen-bond acceptors (Lipinski definition) is 3. The van der Waals surface area contributed by atoms with E-state index in [0.29, 0.717) is 21.4 Å². The molecule has 0 spiro atoms. The van der Waals surface area contributed by atoms with E-state index >= 15 is 0 Å². The molecular weight excluding hydrogens is 309 g/mol. The zero-order chi connectivity index (χ0) is 16.0. The van der Waals surface area contributed by atoms with Crippen LogP contribution < -0.4 is 11.1 Å². The van der Waals surface area contributed by atoms with Crippen LogP contribution in [0.1, 0.15) is 33.1 Å². The maximum absolute atomic E-state index is 12.3. The summed E-state index contributed by atoms with van der Waals surface area (Å²) in [5, 5.41) is 3.57. The summed E-state index contributed by atoms with van der Waals surface area (Å²) >= 11 is 11.9. The van der Waals surface area contributed by atoms with Gasteiger partial charge in [0.15, 0.2) is 0 Å². The lowest BCUT2D eigenvalue weighted by atomic mass is 10.2. The fraction of sp³-hybridized carbons (Fsp3) is 0.533. The van der Waals surface area contributed by atoms with Crippen molar-refractivity contribution in [1.82, 2.24) is 4.90 Å². The number of nitrogen functional groups attached to an aromatic ring is 1. The van der Waals surface area contributed by atoms with E-state index in [1.165, 1.54) is 0 Å². The first-order chi connectivity index (χ1) is 9.86. The highest BCUT2D eigenvalue weighted by molar-refractivity contribution is 6.37. The number of carbonyl (C=O) groups is 1. The Balaban J connectivity index is 2.68. The SMILES string of the molecule is CCCCCN(C)C(C)C(=O)Nc1c(N)cc(Cl)cc1Cl. The third kappa shape index (κ3) is 5.38. The lowest BCUT2D eigenvalue weighted by Crippen LogP contribution is -2.40. The molecule has 1 unspecified atom stereocenters. The third-order valence-corrected chi connectivity index (χ3v) is 4.00. The molecule has 1 rings (SSSR count). The van der Waals surface area contributed by atoms with Crippen LogP contribution in [-0.4, -0.2) is 30.4 Å². The molecule has 1 atom stereocenters. The summed E-state index contributed by atoms with van der Waals surface area (Å²) in [7, 11) is 1.94. The minimum Gasteiger partial charge on any atom is -0.397 e. The molecule has 0 aliphatic rings. The number of anilines is 2. The number of hydrogen-bond donors (Lipinski definition) is 2. The molecule has 0 saturated carbocycles. The van der Waals surface area contributed by atoms with Crippen LogP contribution in [0.2, 0.25) is 10.0 Å². The van der Waals surface area contributed by atoms with E-state index in [1.54, 1.807) is 12.1 Å². The Hall–Kier alpha value is -0.970. The fourth-order valence-electron chi connectivity index (χ4n) is 1.96. The summed E-state index contributed by atoms with van der Waals surface area (Å²) in [5.41, 5.74) is 6.63. The molecule has 0 aromatic heterocycles. The van der Waals surface area contributed by atoms with E-state index in [4.69, 9.17) is 28.9 Å². The van der Waals surface area contributed by atoms with Gasteiger partial charge >= 0.3 is 0 Å². The maximum Gasteiger partial charge on any atom is 0.241 e. The molecule has 0 aliphatic carbocycles. The van der Waals surface area contributed by atoms with Gasteiger partial charge in [-0.25, -0.2) is 0 Å². The minimum atomic E-state index is -0.256. The highest BCUT2D eigenvalue weighted by atomic mass is 35.5. The second kappa shape index (κ2) is 8.47. The number of likely N-dealkylation sites (N-methyl/N-ethyl adjacent to an activating group) is 1. The number of nitrogens with zero attached hydrogens (tertiary/aromatic N) is 1. The molecule has 0 bridgehead atoms. The lowest BCUT2D eigenvalue weighted by molar-refractivity contribution is -0.120. The van der Waals surface area contributed by atoms with Crippen LogP contribution in [0.3, 0.4) is 0 Å². The number of benzene rings is 1. The topological polar surface area (TPSA) is 58.4 Å². The number of halogens is 2. The van der Waals surface area contributed by atoms with Gasteiger partial charge in [0.1, 0.15) is 0 Å². The first-order valence-corrected chi connectivity index (χ1v) is 7.88. The zero-order valence-corrected chi connectivity index (χ0v) is 14.3. The second-order valence-electron chi connectivity index (χ2n) is 5.20. The van der Waals surface area contributed by atoms with Crippen LogP contribution in [0.4, 0.5) is 11.4 Å². The third-order valence-electron chi connectivity index (χ3n) is 3.49. The highest BCUT2D eigenvalue weighted by Crippen LogP contribution is 2.32. The molecule has 1 aromatic rings. The predicted octanol–water partition coefficient (Wildman–Crippen LogP) is 4.02. The van der Waals surface area contributed by atoms with Crippen molar-refractivity contribution in [2.24, 2.45) is 0 Å². The van der Waals surface area contributed by atoms with Gasteiger partial charge in [-0.1, -0.05) is 43.0 Å². The second-order valence-corrected chi connectivity index (χ2v) is 6.05. The minimum absolute atomic E-state index is 0.134. The lowest BCUT2D eigenvalue weighted by Gasteiger charge is -2.24.